The minimum Gasteiger partial charge on any atom is -0.494 e. The van der Waals surface area contributed by atoms with Crippen molar-refractivity contribution in [2.45, 2.75) is 32.6 Å². The molecule has 2 nitrogen and oxygen atoms in total. The Morgan fingerprint density at radius 2 is 1.90 bits per heavy atom. The van der Waals surface area contributed by atoms with Gasteiger partial charge in [0.25, 0.3) is 5.24 Å². The van der Waals surface area contributed by atoms with Gasteiger partial charge in [-0.25, -0.2) is 0 Å². The molecule has 0 saturated heterocycles. The van der Waals surface area contributed by atoms with E-state index in [0.717, 1.165) is 30.1 Å². The lowest BCUT2D eigenvalue weighted by atomic mass is 10.1. The Kier molecular flexibility index (Phi) is 6.27. The van der Waals surface area contributed by atoms with Crippen LogP contribution in [0.25, 0.3) is 0 Å². The van der Waals surface area contributed by atoms with Crippen molar-refractivity contribution in [2.75, 3.05) is 6.61 Å². The predicted octanol–water partition coefficient (Wildman–Crippen LogP) is 5.29. The highest BCUT2D eigenvalue weighted by Crippen LogP contribution is 2.22. The maximum Gasteiger partial charge on any atom is 0.262 e. The highest BCUT2D eigenvalue weighted by atomic mass is 35.5. The number of unbranched alkanes of at least 4 members (excludes halogenated alkanes) is 2. The average Bonchev–Trinajstić information content (AvgIpc) is 2.94. The number of thiophene rings is 1. The fourth-order valence-corrected chi connectivity index (χ4v) is 3.08. The molecule has 0 fully saturated rings. The van der Waals surface area contributed by atoms with Gasteiger partial charge in [0.05, 0.1) is 11.5 Å². The standard InChI is InChI=1S/C17H19ClO2S/c1-2-3-4-11-20-14-7-5-13(6-8-14)12-15-9-10-16(21-15)17(18)19/h5-10H,2-4,11-12H2,1H3. The lowest BCUT2D eigenvalue weighted by Crippen LogP contribution is -1.97. The lowest BCUT2D eigenvalue weighted by Gasteiger charge is -2.06. The van der Waals surface area contributed by atoms with E-state index in [4.69, 9.17) is 16.3 Å². The Hall–Kier alpha value is -1.32. The number of ether oxygens (including phenoxy) is 1. The SMILES string of the molecule is CCCCCOc1ccc(Cc2ccc(C(=O)Cl)s2)cc1. The molecule has 1 heterocycles. The largest absolute Gasteiger partial charge is 0.494 e. The van der Waals surface area contributed by atoms with Crippen LogP contribution in [0.3, 0.4) is 0 Å². The molecule has 2 aromatic rings. The van der Waals surface area contributed by atoms with E-state index in [-0.39, 0.29) is 5.24 Å². The van der Waals surface area contributed by atoms with Crippen LogP contribution < -0.4 is 4.74 Å². The number of hydrogen-bond donors (Lipinski definition) is 0. The van der Waals surface area contributed by atoms with Crippen molar-refractivity contribution < 1.29 is 9.53 Å². The summed E-state index contributed by atoms with van der Waals surface area (Å²) in [6.07, 6.45) is 4.32. The van der Waals surface area contributed by atoms with Gasteiger partial charge in [-0.2, -0.15) is 0 Å². The normalized spacial score (nSPS) is 10.6. The first-order valence-electron chi connectivity index (χ1n) is 7.19. The molecule has 1 aromatic heterocycles. The van der Waals surface area contributed by atoms with Gasteiger partial charge in [-0.1, -0.05) is 31.9 Å². The van der Waals surface area contributed by atoms with Crippen LogP contribution >= 0.6 is 22.9 Å². The molecule has 0 amide bonds. The summed E-state index contributed by atoms with van der Waals surface area (Å²) in [5.74, 6) is 0.914. The Labute approximate surface area is 134 Å². The van der Waals surface area contributed by atoms with Crippen molar-refractivity contribution in [1.29, 1.82) is 0 Å². The van der Waals surface area contributed by atoms with Crippen LogP contribution in [0.2, 0.25) is 0 Å². The third-order valence-corrected chi connectivity index (χ3v) is 4.57. The second-order valence-electron chi connectivity index (χ2n) is 4.92. The molecule has 2 rings (SSSR count). The van der Waals surface area contributed by atoms with Crippen molar-refractivity contribution >= 4 is 28.2 Å². The third kappa shape index (κ3) is 5.18. The van der Waals surface area contributed by atoms with Crippen LogP contribution in [0.15, 0.2) is 36.4 Å². The minimum absolute atomic E-state index is 0.387. The van der Waals surface area contributed by atoms with Crippen molar-refractivity contribution in [2.24, 2.45) is 0 Å². The summed E-state index contributed by atoms with van der Waals surface area (Å²) in [6.45, 7) is 2.96. The van der Waals surface area contributed by atoms with Gasteiger partial charge in [-0.15, -0.1) is 11.3 Å². The van der Waals surface area contributed by atoms with Gasteiger partial charge >= 0.3 is 0 Å². The van der Waals surface area contributed by atoms with E-state index in [1.54, 1.807) is 6.07 Å². The zero-order valence-corrected chi connectivity index (χ0v) is 13.7. The van der Waals surface area contributed by atoms with Gasteiger partial charge in [0, 0.05) is 11.3 Å². The smallest absolute Gasteiger partial charge is 0.262 e. The quantitative estimate of drug-likeness (QED) is 0.488. The zero-order chi connectivity index (χ0) is 15.1. The highest BCUT2D eigenvalue weighted by molar-refractivity contribution is 7.15. The number of rotatable bonds is 8. The van der Waals surface area contributed by atoms with Crippen LogP contribution in [-0.4, -0.2) is 11.8 Å². The van der Waals surface area contributed by atoms with Gasteiger partial charge in [0.2, 0.25) is 0 Å². The molecule has 0 N–H and O–H groups in total. The minimum atomic E-state index is -0.387. The van der Waals surface area contributed by atoms with E-state index in [0.29, 0.717) is 4.88 Å². The molecule has 21 heavy (non-hydrogen) atoms. The summed E-state index contributed by atoms with van der Waals surface area (Å²) in [5.41, 5.74) is 1.20. The van der Waals surface area contributed by atoms with Crippen molar-refractivity contribution in [3.8, 4) is 5.75 Å². The molecule has 112 valence electrons. The monoisotopic (exact) mass is 322 g/mol. The van der Waals surface area contributed by atoms with Gasteiger partial charge in [0.15, 0.2) is 0 Å². The molecule has 0 aliphatic carbocycles. The van der Waals surface area contributed by atoms with Crippen molar-refractivity contribution in [1.82, 2.24) is 0 Å². The molecule has 0 aliphatic rings. The molecule has 1 aromatic carbocycles. The van der Waals surface area contributed by atoms with E-state index in [1.807, 2.05) is 18.2 Å². The van der Waals surface area contributed by atoms with Gasteiger partial charge in [-0.05, 0) is 47.9 Å². The fraction of sp³-hybridized carbons (Fsp3) is 0.353. The fourth-order valence-electron chi connectivity index (χ4n) is 2.03. The van der Waals surface area contributed by atoms with Crippen LogP contribution in [-0.2, 0) is 6.42 Å². The first kappa shape index (κ1) is 16.1. The molecule has 0 unspecified atom stereocenters. The van der Waals surface area contributed by atoms with Crippen molar-refractivity contribution in [3.63, 3.8) is 0 Å². The number of benzene rings is 1. The average molecular weight is 323 g/mol. The predicted molar refractivity (Wildman–Crippen MR) is 88.8 cm³/mol. The van der Waals surface area contributed by atoms with Gasteiger partial charge < -0.3 is 4.74 Å². The molecule has 0 atom stereocenters. The Morgan fingerprint density at radius 1 is 1.14 bits per heavy atom. The first-order valence-corrected chi connectivity index (χ1v) is 8.38. The first-order chi connectivity index (χ1) is 10.2. The van der Waals surface area contributed by atoms with Crippen LogP contribution in [0.1, 0.15) is 46.3 Å². The van der Waals surface area contributed by atoms with E-state index in [9.17, 15) is 4.79 Å². The molecular weight excluding hydrogens is 304 g/mol. The van der Waals surface area contributed by atoms with Gasteiger partial charge in [0.1, 0.15) is 5.75 Å². The summed E-state index contributed by atoms with van der Waals surface area (Å²) in [4.78, 5) is 12.8. The maximum atomic E-state index is 11.1. The second kappa shape index (κ2) is 8.20. The van der Waals surface area contributed by atoms with Crippen LogP contribution in [0, 0.1) is 0 Å². The molecule has 0 aliphatic heterocycles. The molecule has 0 bridgehead atoms. The van der Waals surface area contributed by atoms with Crippen molar-refractivity contribution in [3.05, 3.63) is 51.7 Å². The molecule has 4 heteroatoms. The third-order valence-electron chi connectivity index (χ3n) is 3.17. The number of hydrogen-bond acceptors (Lipinski definition) is 3. The summed E-state index contributed by atoms with van der Waals surface area (Å²) in [7, 11) is 0. The summed E-state index contributed by atoms with van der Waals surface area (Å²) < 4.78 is 5.69. The van der Waals surface area contributed by atoms with E-state index in [2.05, 4.69) is 19.1 Å². The zero-order valence-electron chi connectivity index (χ0n) is 12.1. The lowest BCUT2D eigenvalue weighted by molar-refractivity contribution is 0.108. The Bertz CT molecular complexity index is 575. The number of halogens is 1. The Balaban J connectivity index is 1.88. The number of carbonyl (C=O) groups is 1. The van der Waals surface area contributed by atoms with Crippen LogP contribution in [0.4, 0.5) is 0 Å². The van der Waals surface area contributed by atoms with Crippen LogP contribution in [0.5, 0.6) is 5.75 Å². The topological polar surface area (TPSA) is 26.3 Å². The van der Waals surface area contributed by atoms with E-state index in [1.165, 1.54) is 29.7 Å². The van der Waals surface area contributed by atoms with Gasteiger partial charge in [-0.3, -0.25) is 4.79 Å². The summed E-state index contributed by atoms with van der Waals surface area (Å²) in [6, 6.07) is 11.9. The molecule has 0 radical (unpaired) electrons. The summed E-state index contributed by atoms with van der Waals surface area (Å²) >= 11 is 6.91. The summed E-state index contributed by atoms with van der Waals surface area (Å²) in [5, 5.41) is -0.387. The Morgan fingerprint density at radius 3 is 2.52 bits per heavy atom. The molecular formula is C17H19ClO2S. The second-order valence-corrected chi connectivity index (χ2v) is 6.43. The highest BCUT2D eigenvalue weighted by Gasteiger charge is 2.06. The van der Waals surface area contributed by atoms with E-state index < -0.39 is 0 Å². The molecule has 0 saturated carbocycles. The maximum absolute atomic E-state index is 11.1. The molecule has 0 spiro atoms. The number of carbonyl (C=O) groups excluding carboxylic acids is 1. The van der Waals surface area contributed by atoms with E-state index >= 15 is 0 Å².